The molecule has 3 aliphatic heterocycles. The Morgan fingerprint density at radius 3 is 2.76 bits per heavy atom. The van der Waals surface area contributed by atoms with E-state index in [0.29, 0.717) is 29.2 Å². The van der Waals surface area contributed by atoms with Crippen molar-refractivity contribution in [3.8, 4) is 5.75 Å². The van der Waals surface area contributed by atoms with Crippen molar-refractivity contribution in [1.29, 1.82) is 0 Å². The number of fused-ring (bicyclic) bond motifs is 3. The van der Waals surface area contributed by atoms with Gasteiger partial charge in [-0.3, -0.25) is 14.5 Å². The third-order valence-corrected chi connectivity index (χ3v) is 10.6. The first-order chi connectivity index (χ1) is 17.9. The normalized spacial score (nSPS) is 33.2. The van der Waals surface area contributed by atoms with Crippen molar-refractivity contribution < 1.29 is 9.90 Å². The quantitative estimate of drug-likeness (QED) is 0.688. The molecule has 196 valence electrons. The number of benzene rings is 1. The number of carbonyl (C=O) groups is 1. The average molecular weight is 502 g/mol. The number of nitrogens with zero attached hydrogens (tertiary/aromatic N) is 3. The molecule has 0 radical (unpaired) electrons. The Labute approximate surface area is 219 Å². The molecule has 4 unspecified atom stereocenters. The van der Waals surface area contributed by atoms with E-state index >= 15 is 0 Å². The van der Waals surface area contributed by atoms with Crippen LogP contribution < -0.4 is 5.56 Å². The first-order valence-corrected chi connectivity index (χ1v) is 14.5. The maximum Gasteiger partial charge on any atom is 0.255 e. The van der Waals surface area contributed by atoms with Crippen LogP contribution in [0.3, 0.4) is 0 Å². The van der Waals surface area contributed by atoms with Gasteiger partial charge in [0.25, 0.3) is 5.91 Å². The van der Waals surface area contributed by atoms with Crippen LogP contribution in [0.15, 0.2) is 41.3 Å². The van der Waals surface area contributed by atoms with Gasteiger partial charge in [0.2, 0.25) is 5.56 Å². The molecule has 2 aromatic rings. The first kappa shape index (κ1) is 23.5. The number of hydrogen-bond acceptors (Lipinski definition) is 4. The molecule has 5 atom stereocenters. The maximum atomic E-state index is 13.9. The number of amides is 1. The van der Waals surface area contributed by atoms with Crippen molar-refractivity contribution in [2.24, 2.45) is 24.8 Å². The molecule has 6 aliphatic rings. The molecule has 2 saturated carbocycles. The van der Waals surface area contributed by atoms with E-state index in [1.807, 2.05) is 6.07 Å². The Morgan fingerprint density at radius 2 is 1.95 bits per heavy atom. The lowest BCUT2D eigenvalue weighted by atomic mass is 9.55. The van der Waals surface area contributed by atoms with Gasteiger partial charge in [-0.15, -0.1) is 0 Å². The molecule has 1 amide bonds. The monoisotopic (exact) mass is 501 g/mol. The molecule has 1 N–H and O–H groups in total. The minimum atomic E-state index is -0.0899. The Bertz CT molecular complexity index is 1280. The van der Waals surface area contributed by atoms with Gasteiger partial charge in [-0.25, -0.2) is 0 Å². The summed E-state index contributed by atoms with van der Waals surface area (Å²) >= 11 is 0. The highest BCUT2D eigenvalue weighted by Gasteiger charge is 2.58. The van der Waals surface area contributed by atoms with Crippen LogP contribution in [0, 0.1) is 17.8 Å². The molecule has 1 spiro atoms. The highest BCUT2D eigenvalue weighted by atomic mass is 16.3. The van der Waals surface area contributed by atoms with Gasteiger partial charge in [-0.2, -0.15) is 0 Å². The Kier molecular flexibility index (Phi) is 5.54. The first-order valence-electron chi connectivity index (χ1n) is 14.5. The highest BCUT2D eigenvalue weighted by Crippen LogP contribution is 2.58. The zero-order valence-corrected chi connectivity index (χ0v) is 21.9. The van der Waals surface area contributed by atoms with Gasteiger partial charge in [-0.05, 0) is 105 Å². The van der Waals surface area contributed by atoms with Crippen molar-refractivity contribution in [2.45, 2.75) is 75.3 Å². The van der Waals surface area contributed by atoms with Crippen LogP contribution in [0.4, 0.5) is 0 Å². The largest absolute Gasteiger partial charge is 0.508 e. The third kappa shape index (κ3) is 3.86. The van der Waals surface area contributed by atoms with E-state index in [9.17, 15) is 14.7 Å². The lowest BCUT2D eigenvalue weighted by Crippen LogP contribution is -2.52. The number of phenols is 1. The molecule has 3 aliphatic carbocycles. The lowest BCUT2D eigenvalue weighted by Gasteiger charge is -2.51. The topological polar surface area (TPSA) is 65.8 Å². The van der Waals surface area contributed by atoms with Gasteiger partial charge in [0, 0.05) is 49.9 Å². The number of aromatic nitrogens is 1. The van der Waals surface area contributed by atoms with Gasteiger partial charge < -0.3 is 14.6 Å². The van der Waals surface area contributed by atoms with Crippen LogP contribution >= 0.6 is 0 Å². The van der Waals surface area contributed by atoms with E-state index in [2.05, 4.69) is 21.9 Å². The fourth-order valence-electron chi connectivity index (χ4n) is 8.77. The molecule has 1 aromatic carbocycles. The predicted molar refractivity (Wildman–Crippen MR) is 143 cm³/mol. The van der Waals surface area contributed by atoms with Gasteiger partial charge in [0.1, 0.15) is 5.75 Å². The Hall–Kier alpha value is -2.60. The van der Waals surface area contributed by atoms with Gasteiger partial charge in [-0.1, -0.05) is 12.5 Å². The Balaban J connectivity index is 1.32. The van der Waals surface area contributed by atoms with Crippen molar-refractivity contribution in [2.75, 3.05) is 19.6 Å². The lowest BCUT2D eigenvalue weighted by molar-refractivity contribution is 0.0545. The zero-order chi connectivity index (χ0) is 25.3. The fraction of sp³-hybridized carbons (Fsp3) is 0.613. The standard InChI is InChI=1S/C31H39N3O3/c1-32-18-23(8-11-28(32)36)30(37)34-19-22-6-9-24-15-21-7-10-25(35)16-26(21)31(12-2-3-27(34)29(22)31)13-14-33(24)17-20-4-5-20/h7-8,10-11,16,18,20,22,24,27,29,35H,2-6,9,12-15,17,19H2,1H3/t22-,24?,27?,29?,31?/m1/s1. The minimum absolute atomic E-state index is 0.00264. The molecule has 2 bridgehead atoms. The summed E-state index contributed by atoms with van der Waals surface area (Å²) in [5, 5.41) is 10.7. The van der Waals surface area contributed by atoms with Crippen molar-refractivity contribution in [3.05, 3.63) is 63.6 Å². The van der Waals surface area contributed by atoms with E-state index in [-0.39, 0.29) is 22.9 Å². The molecular formula is C31H39N3O3. The smallest absolute Gasteiger partial charge is 0.255 e. The van der Waals surface area contributed by atoms with Crippen LogP contribution in [-0.4, -0.2) is 57.1 Å². The number of pyridine rings is 1. The third-order valence-electron chi connectivity index (χ3n) is 10.6. The van der Waals surface area contributed by atoms with Crippen LogP contribution in [0.25, 0.3) is 0 Å². The number of rotatable bonds is 3. The van der Waals surface area contributed by atoms with Crippen LogP contribution in [0.5, 0.6) is 5.75 Å². The number of phenolic OH excluding ortho intramolecular Hbond substituents is 1. The Morgan fingerprint density at radius 1 is 1.08 bits per heavy atom. The molecule has 6 nitrogen and oxygen atoms in total. The van der Waals surface area contributed by atoms with E-state index in [4.69, 9.17) is 0 Å². The maximum absolute atomic E-state index is 13.9. The van der Waals surface area contributed by atoms with Gasteiger partial charge >= 0.3 is 0 Å². The highest BCUT2D eigenvalue weighted by molar-refractivity contribution is 5.94. The van der Waals surface area contributed by atoms with Gasteiger partial charge in [0.05, 0.1) is 5.56 Å². The van der Waals surface area contributed by atoms with E-state index in [1.54, 1.807) is 19.3 Å². The van der Waals surface area contributed by atoms with Crippen molar-refractivity contribution in [3.63, 3.8) is 0 Å². The summed E-state index contributed by atoms with van der Waals surface area (Å²) in [5.74, 6) is 2.21. The second-order valence-corrected chi connectivity index (χ2v) is 12.7. The molecule has 6 heteroatoms. The summed E-state index contributed by atoms with van der Waals surface area (Å²) < 4.78 is 1.51. The molecule has 1 aromatic heterocycles. The summed E-state index contributed by atoms with van der Waals surface area (Å²) in [6.07, 6.45) is 12.3. The van der Waals surface area contributed by atoms with Crippen LogP contribution in [0.1, 0.15) is 72.9 Å². The number of likely N-dealkylation sites (tertiary alicyclic amines) is 1. The predicted octanol–water partition coefficient (Wildman–Crippen LogP) is 4.09. The van der Waals surface area contributed by atoms with Crippen LogP contribution in [-0.2, 0) is 18.9 Å². The molecule has 8 rings (SSSR count). The summed E-state index contributed by atoms with van der Waals surface area (Å²) in [5.41, 5.74) is 3.32. The molecule has 2 saturated heterocycles. The zero-order valence-electron chi connectivity index (χ0n) is 21.9. The fourth-order valence-corrected chi connectivity index (χ4v) is 8.77. The summed E-state index contributed by atoms with van der Waals surface area (Å²) in [6, 6.07) is 10.1. The second-order valence-electron chi connectivity index (χ2n) is 12.7. The number of aromatic hydroxyl groups is 1. The minimum Gasteiger partial charge on any atom is -0.508 e. The molecule has 4 fully saturated rings. The van der Waals surface area contributed by atoms with Gasteiger partial charge in [0.15, 0.2) is 0 Å². The van der Waals surface area contributed by atoms with E-state index in [1.165, 1.54) is 47.6 Å². The second kappa shape index (κ2) is 8.72. The van der Waals surface area contributed by atoms with E-state index in [0.717, 1.165) is 57.5 Å². The molecular weight excluding hydrogens is 462 g/mol. The summed E-state index contributed by atoms with van der Waals surface area (Å²) in [6.45, 7) is 3.17. The number of hydrogen-bond donors (Lipinski definition) is 1. The van der Waals surface area contributed by atoms with Crippen molar-refractivity contribution >= 4 is 5.91 Å². The summed E-state index contributed by atoms with van der Waals surface area (Å²) in [7, 11) is 1.72. The van der Waals surface area contributed by atoms with E-state index < -0.39 is 0 Å². The average Bonchev–Trinajstić information content (AvgIpc) is 3.62. The van der Waals surface area contributed by atoms with Crippen LogP contribution in [0.2, 0.25) is 0 Å². The SMILES string of the molecule is Cn1cc(C(=O)N2C[C@H]3CCC4Cc5ccc(O)cc5C5(CCCC2C35)CCN4CC2CC2)ccc1=O. The molecule has 37 heavy (non-hydrogen) atoms. The number of aryl methyl sites for hydroxylation is 1. The number of carbonyl (C=O) groups excluding carboxylic acids is 1. The summed E-state index contributed by atoms with van der Waals surface area (Å²) in [4.78, 5) is 30.9. The molecule has 4 heterocycles. The van der Waals surface area contributed by atoms with Crippen molar-refractivity contribution in [1.82, 2.24) is 14.4 Å².